The van der Waals surface area contributed by atoms with Crippen molar-refractivity contribution in [1.29, 1.82) is 0 Å². The van der Waals surface area contributed by atoms with E-state index in [0.29, 0.717) is 25.3 Å². The number of halogens is 1. The molecule has 0 spiro atoms. The van der Waals surface area contributed by atoms with Gasteiger partial charge in [-0.05, 0) is 24.6 Å². The molecule has 146 valence electrons. The van der Waals surface area contributed by atoms with Crippen molar-refractivity contribution in [2.45, 2.75) is 18.5 Å². The van der Waals surface area contributed by atoms with Gasteiger partial charge < -0.3 is 26.8 Å². The summed E-state index contributed by atoms with van der Waals surface area (Å²) < 4.78 is 20.8. The van der Waals surface area contributed by atoms with Gasteiger partial charge >= 0.3 is 0 Å². The van der Waals surface area contributed by atoms with Crippen molar-refractivity contribution in [3.8, 4) is 0 Å². The van der Waals surface area contributed by atoms with Gasteiger partial charge in [0.25, 0.3) is 5.91 Å². The predicted molar refractivity (Wildman–Crippen MR) is 106 cm³/mol. The lowest BCUT2D eigenvalue weighted by molar-refractivity contribution is 0.0751. The SMILES string of the molecule is NC(=O)c1cc(F)c(N[C@@H]2CCOC[C@@H]2N)nc1Nc1cccc2ncsc12. The summed E-state index contributed by atoms with van der Waals surface area (Å²) in [6.45, 7) is 0.919. The molecular weight excluding hydrogens is 383 g/mol. The van der Waals surface area contributed by atoms with Crippen LogP contribution in [0, 0.1) is 5.82 Å². The predicted octanol–water partition coefficient (Wildman–Crippen LogP) is 2.20. The van der Waals surface area contributed by atoms with Crippen LogP contribution >= 0.6 is 11.3 Å². The van der Waals surface area contributed by atoms with Crippen molar-refractivity contribution in [1.82, 2.24) is 9.97 Å². The highest BCUT2D eigenvalue weighted by Crippen LogP contribution is 2.31. The second-order valence-electron chi connectivity index (χ2n) is 6.49. The molecule has 8 nitrogen and oxygen atoms in total. The number of ether oxygens (including phenoxy) is 1. The van der Waals surface area contributed by atoms with Crippen LogP contribution in [0.3, 0.4) is 0 Å². The van der Waals surface area contributed by atoms with Crippen molar-refractivity contribution >= 4 is 44.8 Å². The highest BCUT2D eigenvalue weighted by atomic mass is 32.1. The molecule has 1 aromatic carbocycles. The number of primary amides is 1. The molecule has 1 aliphatic rings. The number of benzene rings is 1. The second-order valence-corrected chi connectivity index (χ2v) is 7.34. The largest absolute Gasteiger partial charge is 0.380 e. The Kier molecular flexibility index (Phi) is 5.07. The molecule has 6 N–H and O–H groups in total. The van der Waals surface area contributed by atoms with E-state index in [1.165, 1.54) is 11.3 Å². The van der Waals surface area contributed by atoms with Crippen LogP contribution in [0.15, 0.2) is 29.8 Å². The number of hydrogen-bond donors (Lipinski definition) is 4. The molecular formula is C18H19FN6O2S. The minimum atomic E-state index is -0.778. The van der Waals surface area contributed by atoms with E-state index in [4.69, 9.17) is 16.2 Å². The number of amides is 1. The number of nitrogens with zero attached hydrogens (tertiary/aromatic N) is 2. The average molecular weight is 402 g/mol. The molecule has 0 saturated carbocycles. The van der Waals surface area contributed by atoms with Gasteiger partial charge in [-0.25, -0.2) is 14.4 Å². The van der Waals surface area contributed by atoms with Gasteiger partial charge in [0.15, 0.2) is 11.6 Å². The Labute approximate surface area is 164 Å². The molecule has 1 aliphatic heterocycles. The maximum atomic E-state index is 14.6. The zero-order valence-corrected chi connectivity index (χ0v) is 15.6. The molecule has 1 saturated heterocycles. The van der Waals surface area contributed by atoms with E-state index in [0.717, 1.165) is 16.3 Å². The maximum Gasteiger partial charge on any atom is 0.252 e. The number of nitrogens with two attached hydrogens (primary N) is 2. The van der Waals surface area contributed by atoms with Crippen molar-refractivity contribution in [3.63, 3.8) is 0 Å². The number of nitrogens with one attached hydrogen (secondary N) is 2. The molecule has 3 heterocycles. The number of pyridine rings is 1. The molecule has 0 unspecified atom stereocenters. The number of fused-ring (bicyclic) bond motifs is 1. The minimum Gasteiger partial charge on any atom is -0.380 e. The molecule has 28 heavy (non-hydrogen) atoms. The topological polar surface area (TPSA) is 128 Å². The van der Waals surface area contributed by atoms with Crippen molar-refractivity contribution in [3.05, 3.63) is 41.2 Å². The van der Waals surface area contributed by atoms with E-state index in [1.54, 1.807) is 5.51 Å². The fourth-order valence-electron chi connectivity index (χ4n) is 3.10. The third-order valence-corrected chi connectivity index (χ3v) is 5.45. The number of thiazole rings is 1. The number of carbonyl (C=O) groups is 1. The number of aromatic nitrogens is 2. The van der Waals surface area contributed by atoms with Crippen LogP contribution in [0.1, 0.15) is 16.8 Å². The molecule has 10 heteroatoms. The Morgan fingerprint density at radius 3 is 3.00 bits per heavy atom. The number of anilines is 3. The van der Waals surface area contributed by atoms with Crippen LogP contribution in [0.5, 0.6) is 0 Å². The highest BCUT2D eigenvalue weighted by Gasteiger charge is 2.25. The highest BCUT2D eigenvalue weighted by molar-refractivity contribution is 7.17. The molecule has 1 amide bonds. The van der Waals surface area contributed by atoms with Gasteiger partial charge in [-0.3, -0.25) is 4.79 Å². The summed E-state index contributed by atoms with van der Waals surface area (Å²) in [5.41, 5.74) is 14.7. The van der Waals surface area contributed by atoms with E-state index in [9.17, 15) is 9.18 Å². The van der Waals surface area contributed by atoms with Crippen molar-refractivity contribution in [2.24, 2.45) is 11.5 Å². The molecule has 2 atom stereocenters. The van der Waals surface area contributed by atoms with E-state index in [2.05, 4.69) is 20.6 Å². The van der Waals surface area contributed by atoms with Crippen LogP contribution in [0.4, 0.5) is 21.7 Å². The third kappa shape index (κ3) is 3.61. The van der Waals surface area contributed by atoms with Crippen molar-refractivity contribution in [2.75, 3.05) is 23.8 Å². The molecule has 0 radical (unpaired) electrons. The maximum absolute atomic E-state index is 14.6. The molecule has 0 bridgehead atoms. The van der Waals surface area contributed by atoms with Gasteiger partial charge in [0.1, 0.15) is 5.82 Å². The fraction of sp³-hybridized carbons (Fsp3) is 0.278. The van der Waals surface area contributed by atoms with Gasteiger partial charge in [-0.2, -0.15) is 0 Å². The van der Waals surface area contributed by atoms with Crippen LogP contribution in [-0.2, 0) is 4.74 Å². The van der Waals surface area contributed by atoms with Gasteiger partial charge in [0.05, 0.1) is 33.6 Å². The zero-order chi connectivity index (χ0) is 19.7. The standard InChI is InChI=1S/C18H19FN6O2S/c19-10-6-9(16(21)26)17(24-14-3-1-2-13-15(14)28-8-22-13)25-18(10)23-12-4-5-27-7-11(12)20/h1-3,6,8,11-12H,4-5,7,20H2,(H2,21,26)(H2,23,24,25)/t11-,12+/m0/s1. The second kappa shape index (κ2) is 7.66. The van der Waals surface area contributed by atoms with E-state index < -0.39 is 11.7 Å². The normalized spacial score (nSPS) is 19.5. The first kappa shape index (κ1) is 18.5. The average Bonchev–Trinajstić information content (AvgIpc) is 3.15. The van der Waals surface area contributed by atoms with Crippen LogP contribution < -0.4 is 22.1 Å². The molecule has 0 aliphatic carbocycles. The van der Waals surface area contributed by atoms with Crippen LogP contribution in [0.25, 0.3) is 10.2 Å². The summed E-state index contributed by atoms with van der Waals surface area (Å²) in [5.74, 6) is -1.28. The van der Waals surface area contributed by atoms with Crippen LogP contribution in [0.2, 0.25) is 0 Å². The first-order chi connectivity index (χ1) is 13.5. The quantitative estimate of drug-likeness (QED) is 0.515. The summed E-state index contributed by atoms with van der Waals surface area (Å²) in [7, 11) is 0. The van der Waals surface area contributed by atoms with E-state index >= 15 is 0 Å². The van der Waals surface area contributed by atoms with Crippen molar-refractivity contribution < 1.29 is 13.9 Å². The lowest BCUT2D eigenvalue weighted by atomic mass is 10.0. The van der Waals surface area contributed by atoms with Gasteiger partial charge in [-0.1, -0.05) is 6.07 Å². The Balaban J connectivity index is 1.70. The Hall–Kier alpha value is -2.82. The van der Waals surface area contributed by atoms with E-state index in [-0.39, 0.29) is 29.3 Å². The fourth-order valence-corrected chi connectivity index (χ4v) is 3.86. The molecule has 1 fully saturated rings. The Morgan fingerprint density at radius 2 is 2.21 bits per heavy atom. The smallest absolute Gasteiger partial charge is 0.252 e. The summed E-state index contributed by atoms with van der Waals surface area (Å²) in [6, 6.07) is 6.15. The molecule has 3 aromatic rings. The Bertz CT molecular complexity index is 1030. The first-order valence-electron chi connectivity index (χ1n) is 8.72. The summed E-state index contributed by atoms with van der Waals surface area (Å²) in [4.78, 5) is 20.4. The summed E-state index contributed by atoms with van der Waals surface area (Å²) in [6.07, 6.45) is 0.628. The van der Waals surface area contributed by atoms with Gasteiger partial charge in [0, 0.05) is 18.7 Å². The lowest BCUT2D eigenvalue weighted by Crippen LogP contribution is -2.47. The van der Waals surface area contributed by atoms with Crippen LogP contribution in [-0.4, -0.2) is 41.2 Å². The number of rotatable bonds is 5. The summed E-state index contributed by atoms with van der Waals surface area (Å²) in [5, 5.41) is 6.13. The first-order valence-corrected chi connectivity index (χ1v) is 9.60. The zero-order valence-electron chi connectivity index (χ0n) is 14.8. The lowest BCUT2D eigenvalue weighted by Gasteiger charge is -2.30. The third-order valence-electron chi connectivity index (χ3n) is 4.57. The van der Waals surface area contributed by atoms with Gasteiger partial charge in [-0.15, -0.1) is 11.3 Å². The molecule has 4 rings (SSSR count). The minimum absolute atomic E-state index is 0.00586. The Morgan fingerprint density at radius 1 is 1.36 bits per heavy atom. The number of carbonyl (C=O) groups excluding carboxylic acids is 1. The monoisotopic (exact) mass is 402 g/mol. The number of hydrogen-bond acceptors (Lipinski definition) is 8. The summed E-state index contributed by atoms with van der Waals surface area (Å²) >= 11 is 1.45. The van der Waals surface area contributed by atoms with Gasteiger partial charge in [0.2, 0.25) is 0 Å². The molecule has 2 aromatic heterocycles. The van der Waals surface area contributed by atoms with E-state index in [1.807, 2.05) is 18.2 Å².